The molecule has 0 radical (unpaired) electrons. The van der Waals surface area contributed by atoms with Gasteiger partial charge in [0.05, 0.1) is 10.6 Å². The van der Waals surface area contributed by atoms with Crippen molar-refractivity contribution in [3.63, 3.8) is 0 Å². The van der Waals surface area contributed by atoms with Crippen molar-refractivity contribution >= 4 is 34.9 Å². The van der Waals surface area contributed by atoms with Crippen LogP contribution >= 0.6 is 11.3 Å². The highest BCUT2D eigenvalue weighted by atomic mass is 32.1. The lowest BCUT2D eigenvalue weighted by molar-refractivity contribution is 0.189. The monoisotopic (exact) mass is 316 g/mol. The third-order valence-electron chi connectivity index (χ3n) is 3.47. The molecule has 22 heavy (non-hydrogen) atoms. The van der Waals surface area contributed by atoms with Gasteiger partial charge in [0.25, 0.3) is 0 Å². The molecule has 2 heterocycles. The van der Waals surface area contributed by atoms with Crippen LogP contribution in [0.3, 0.4) is 0 Å². The Morgan fingerprint density at radius 3 is 3.05 bits per heavy atom. The molecule has 0 fully saturated rings. The molecular weight excluding hydrogens is 300 g/mol. The number of para-hydroxylation sites is 1. The maximum Gasteiger partial charge on any atom is 0.310 e. The summed E-state index contributed by atoms with van der Waals surface area (Å²) in [4.78, 5) is 16.7. The van der Waals surface area contributed by atoms with E-state index >= 15 is 0 Å². The van der Waals surface area contributed by atoms with Crippen molar-refractivity contribution in [2.45, 2.75) is 13.0 Å². The van der Waals surface area contributed by atoms with E-state index in [1.807, 2.05) is 30.3 Å². The molecule has 1 aliphatic heterocycles. The summed E-state index contributed by atoms with van der Waals surface area (Å²) in [6.45, 7) is 1.00. The van der Waals surface area contributed by atoms with Crippen molar-refractivity contribution in [1.82, 2.24) is 4.57 Å². The number of aliphatic imine (C=N–C) groups is 1. The number of aromatic nitrogens is 1. The number of aromatic hydroxyl groups is 1. The minimum Gasteiger partial charge on any atom is -0.493 e. The Morgan fingerprint density at radius 1 is 1.41 bits per heavy atom. The number of methoxy groups -OCH3 is 1. The lowest BCUT2D eigenvalue weighted by Gasteiger charge is -2.03. The highest BCUT2D eigenvalue weighted by Gasteiger charge is 2.16. The van der Waals surface area contributed by atoms with E-state index in [1.165, 1.54) is 4.57 Å². The minimum atomic E-state index is -0.163. The van der Waals surface area contributed by atoms with Crippen molar-refractivity contribution in [1.29, 1.82) is 0 Å². The molecule has 0 bridgehead atoms. The fourth-order valence-electron chi connectivity index (χ4n) is 2.37. The number of allylic oxidation sites excluding steroid dienone is 1. The SMILES string of the molecule is COCCCn1c(O)c(/C=C2\C=Nc3ccccc32)sc1=O. The first kappa shape index (κ1) is 14.7. The van der Waals surface area contributed by atoms with Crippen LogP contribution in [0.5, 0.6) is 5.88 Å². The summed E-state index contributed by atoms with van der Waals surface area (Å²) in [5.41, 5.74) is 2.81. The molecular formula is C16H16N2O3S. The first-order chi connectivity index (χ1) is 10.7. The van der Waals surface area contributed by atoms with E-state index in [4.69, 9.17) is 4.74 Å². The van der Waals surface area contributed by atoms with E-state index in [2.05, 4.69) is 4.99 Å². The fraction of sp³-hybridized carbons (Fsp3) is 0.250. The van der Waals surface area contributed by atoms with E-state index in [9.17, 15) is 9.90 Å². The molecule has 0 amide bonds. The maximum absolute atomic E-state index is 12.0. The van der Waals surface area contributed by atoms with Crippen LogP contribution in [0.1, 0.15) is 16.9 Å². The van der Waals surface area contributed by atoms with Crippen molar-refractivity contribution in [2.75, 3.05) is 13.7 Å². The zero-order chi connectivity index (χ0) is 15.5. The average molecular weight is 316 g/mol. The van der Waals surface area contributed by atoms with E-state index in [1.54, 1.807) is 13.3 Å². The summed E-state index contributed by atoms with van der Waals surface area (Å²) >= 11 is 1.04. The zero-order valence-electron chi connectivity index (χ0n) is 12.2. The molecule has 5 nitrogen and oxygen atoms in total. The van der Waals surface area contributed by atoms with Crippen molar-refractivity contribution in [3.8, 4) is 5.88 Å². The Kier molecular flexibility index (Phi) is 4.22. The zero-order valence-corrected chi connectivity index (χ0v) is 13.0. The van der Waals surface area contributed by atoms with Crippen molar-refractivity contribution in [3.05, 3.63) is 44.4 Å². The number of ether oxygens (including phenoxy) is 1. The smallest absolute Gasteiger partial charge is 0.310 e. The third kappa shape index (κ3) is 2.75. The normalized spacial score (nSPS) is 14.7. The second-order valence-electron chi connectivity index (χ2n) is 4.93. The Hall–Kier alpha value is -2.18. The molecule has 0 saturated carbocycles. The van der Waals surface area contributed by atoms with Crippen LogP contribution in [0.25, 0.3) is 11.6 Å². The Morgan fingerprint density at radius 2 is 2.23 bits per heavy atom. The highest BCUT2D eigenvalue weighted by Crippen LogP contribution is 2.34. The topological polar surface area (TPSA) is 63.8 Å². The quantitative estimate of drug-likeness (QED) is 0.863. The van der Waals surface area contributed by atoms with Gasteiger partial charge < -0.3 is 9.84 Å². The molecule has 2 aromatic rings. The summed E-state index contributed by atoms with van der Waals surface area (Å²) in [5, 5.41) is 10.3. The summed E-state index contributed by atoms with van der Waals surface area (Å²) in [6.07, 6.45) is 4.24. The lowest BCUT2D eigenvalue weighted by atomic mass is 10.1. The summed E-state index contributed by atoms with van der Waals surface area (Å²) < 4.78 is 6.36. The molecule has 1 aromatic heterocycles. The van der Waals surface area contributed by atoms with Gasteiger partial charge in [-0.05, 0) is 18.6 Å². The number of hydrogen-bond donors (Lipinski definition) is 1. The van der Waals surface area contributed by atoms with Gasteiger partial charge in [0.2, 0.25) is 5.88 Å². The van der Waals surface area contributed by atoms with Crippen LogP contribution in [0.15, 0.2) is 34.1 Å². The lowest BCUT2D eigenvalue weighted by Crippen LogP contribution is -2.13. The van der Waals surface area contributed by atoms with Gasteiger partial charge in [0.15, 0.2) is 0 Å². The number of fused-ring (bicyclic) bond motifs is 1. The Bertz CT molecular complexity index is 802. The van der Waals surface area contributed by atoms with Crippen molar-refractivity contribution < 1.29 is 9.84 Å². The maximum atomic E-state index is 12.0. The van der Waals surface area contributed by atoms with E-state index in [-0.39, 0.29) is 10.8 Å². The molecule has 3 rings (SSSR count). The summed E-state index contributed by atoms with van der Waals surface area (Å²) in [7, 11) is 1.61. The number of thiazole rings is 1. The highest BCUT2D eigenvalue weighted by molar-refractivity contribution is 7.10. The van der Waals surface area contributed by atoms with Gasteiger partial charge in [-0.2, -0.15) is 0 Å². The molecule has 0 aliphatic carbocycles. The van der Waals surface area contributed by atoms with Gasteiger partial charge in [0.1, 0.15) is 0 Å². The van der Waals surface area contributed by atoms with Crippen LogP contribution < -0.4 is 4.87 Å². The van der Waals surface area contributed by atoms with E-state index < -0.39 is 0 Å². The molecule has 114 valence electrons. The minimum absolute atomic E-state index is 0.0105. The molecule has 0 unspecified atom stereocenters. The predicted molar refractivity (Wildman–Crippen MR) is 89.2 cm³/mol. The molecule has 1 N–H and O–H groups in total. The first-order valence-electron chi connectivity index (χ1n) is 6.97. The van der Waals surface area contributed by atoms with E-state index in [0.717, 1.165) is 28.2 Å². The Labute approximate surface area is 131 Å². The molecule has 6 heteroatoms. The van der Waals surface area contributed by atoms with Crippen LogP contribution in [-0.4, -0.2) is 29.6 Å². The molecule has 0 atom stereocenters. The first-order valence-corrected chi connectivity index (χ1v) is 7.79. The van der Waals surface area contributed by atoms with Crippen molar-refractivity contribution in [2.24, 2.45) is 4.99 Å². The van der Waals surface area contributed by atoms with Crippen LogP contribution in [0, 0.1) is 0 Å². The third-order valence-corrected chi connectivity index (χ3v) is 4.38. The molecule has 1 aromatic carbocycles. The average Bonchev–Trinajstić information content (AvgIpc) is 3.04. The molecule has 0 spiro atoms. The van der Waals surface area contributed by atoms with Gasteiger partial charge in [-0.25, -0.2) is 0 Å². The van der Waals surface area contributed by atoms with E-state index in [0.29, 0.717) is 24.4 Å². The molecule has 0 saturated heterocycles. The second-order valence-corrected chi connectivity index (χ2v) is 5.92. The second kappa shape index (κ2) is 6.29. The molecule has 1 aliphatic rings. The Balaban J connectivity index is 1.91. The standard InChI is InChI=1S/C16H16N2O3S/c1-21-8-4-7-18-15(19)14(22-16(18)20)9-11-10-17-13-6-3-2-5-12(11)13/h2-3,5-6,9-10,19H,4,7-8H2,1H3/b11-9+. The number of nitrogens with zero attached hydrogens (tertiary/aromatic N) is 2. The largest absolute Gasteiger partial charge is 0.493 e. The van der Waals surface area contributed by atoms with Gasteiger partial charge >= 0.3 is 4.87 Å². The number of rotatable bonds is 5. The van der Waals surface area contributed by atoms with Crippen LogP contribution in [0.2, 0.25) is 0 Å². The van der Waals surface area contributed by atoms with Gasteiger partial charge in [-0.15, -0.1) is 0 Å². The van der Waals surface area contributed by atoms with Gasteiger partial charge in [-0.1, -0.05) is 29.5 Å². The predicted octanol–water partition coefficient (Wildman–Crippen LogP) is 2.91. The van der Waals surface area contributed by atoms with Gasteiger partial charge in [-0.3, -0.25) is 14.4 Å². The number of hydrogen-bond acceptors (Lipinski definition) is 5. The number of benzene rings is 1. The summed E-state index contributed by atoms with van der Waals surface area (Å²) in [6, 6.07) is 7.79. The fourth-order valence-corrected chi connectivity index (χ4v) is 3.23. The van der Waals surface area contributed by atoms with Gasteiger partial charge in [0, 0.05) is 37.6 Å². The van der Waals surface area contributed by atoms with Crippen LogP contribution in [0.4, 0.5) is 5.69 Å². The van der Waals surface area contributed by atoms with Crippen LogP contribution in [-0.2, 0) is 11.3 Å². The summed E-state index contributed by atoms with van der Waals surface area (Å²) in [5.74, 6) is 0.0105.